The zero-order valence-corrected chi connectivity index (χ0v) is 17.4. The minimum absolute atomic E-state index is 0.269. The highest BCUT2D eigenvalue weighted by atomic mass is 35.5. The summed E-state index contributed by atoms with van der Waals surface area (Å²) in [7, 11) is 0. The number of rotatable bonds is 5. The van der Waals surface area contributed by atoms with Crippen LogP contribution < -0.4 is 5.32 Å². The fourth-order valence-electron chi connectivity index (χ4n) is 3.85. The highest BCUT2D eigenvalue weighted by Gasteiger charge is 2.23. The molecule has 2 aromatic heterocycles. The Hall–Kier alpha value is -3.12. The molecule has 5 rings (SSSR count). The van der Waals surface area contributed by atoms with Crippen molar-refractivity contribution in [3.8, 4) is 0 Å². The van der Waals surface area contributed by atoms with E-state index in [0.29, 0.717) is 34.6 Å². The minimum Gasteiger partial charge on any atom is -0.342 e. The predicted molar refractivity (Wildman–Crippen MR) is 118 cm³/mol. The Morgan fingerprint density at radius 1 is 1.23 bits per heavy atom. The van der Waals surface area contributed by atoms with E-state index in [-0.39, 0.29) is 5.91 Å². The highest BCUT2D eigenvalue weighted by Crippen LogP contribution is 2.35. The Kier molecular flexibility index (Phi) is 4.79. The summed E-state index contributed by atoms with van der Waals surface area (Å²) in [6, 6.07) is 15.6. The van der Waals surface area contributed by atoms with Crippen LogP contribution in [0.15, 0.2) is 48.5 Å². The van der Waals surface area contributed by atoms with E-state index >= 15 is 0 Å². The summed E-state index contributed by atoms with van der Waals surface area (Å²) in [4.78, 5) is 21.0. The first-order valence-electron chi connectivity index (χ1n) is 10.2. The predicted octanol–water partition coefficient (Wildman–Crippen LogP) is 5.29. The quantitative estimate of drug-likeness (QED) is 0.461. The molecule has 0 unspecified atom stereocenters. The number of benzene rings is 2. The maximum atomic E-state index is 13.0. The highest BCUT2D eigenvalue weighted by molar-refractivity contribution is 6.33. The fraction of sp³-hybridized carbons (Fsp3) is 0.261. The van der Waals surface area contributed by atoms with Gasteiger partial charge in [0, 0.05) is 11.6 Å². The lowest BCUT2D eigenvalue weighted by atomic mass is 9.85. The van der Waals surface area contributed by atoms with E-state index in [9.17, 15) is 4.79 Å². The molecule has 1 aliphatic rings. The Labute approximate surface area is 179 Å². The summed E-state index contributed by atoms with van der Waals surface area (Å²) in [5.74, 6) is 1.31. The number of carbonyl (C=O) groups excluding carboxylic acids is 1. The van der Waals surface area contributed by atoms with Gasteiger partial charge in [-0.05, 0) is 43.5 Å². The molecule has 1 fully saturated rings. The van der Waals surface area contributed by atoms with Crippen molar-refractivity contribution in [3.63, 3.8) is 0 Å². The number of hydrogen-bond acceptors (Lipinski definition) is 3. The van der Waals surface area contributed by atoms with E-state index in [1.54, 1.807) is 11.6 Å². The van der Waals surface area contributed by atoms with Crippen molar-refractivity contribution in [3.05, 3.63) is 76.3 Å². The molecule has 6 nitrogen and oxygen atoms in total. The average Bonchev–Trinajstić information content (AvgIpc) is 3.21. The van der Waals surface area contributed by atoms with Crippen molar-refractivity contribution in [2.75, 3.05) is 5.32 Å². The number of aryl methyl sites for hydroxylation is 1. The number of amides is 1. The molecule has 0 aliphatic heterocycles. The zero-order valence-electron chi connectivity index (χ0n) is 16.7. The Balaban J connectivity index is 1.37. The van der Waals surface area contributed by atoms with Crippen LogP contribution in [0.3, 0.4) is 0 Å². The van der Waals surface area contributed by atoms with Crippen molar-refractivity contribution < 1.29 is 4.79 Å². The first kappa shape index (κ1) is 18.9. The first-order valence-corrected chi connectivity index (χ1v) is 10.5. The lowest BCUT2D eigenvalue weighted by Gasteiger charge is -2.22. The van der Waals surface area contributed by atoms with Gasteiger partial charge in [-0.15, -0.1) is 0 Å². The van der Waals surface area contributed by atoms with Crippen LogP contribution in [0.1, 0.15) is 52.6 Å². The minimum atomic E-state index is -0.269. The molecule has 1 aliphatic carbocycles. The molecular weight excluding hydrogens is 398 g/mol. The number of imidazole rings is 1. The van der Waals surface area contributed by atoms with Gasteiger partial charge in [0.05, 0.1) is 28.8 Å². The van der Waals surface area contributed by atoms with Crippen LogP contribution in [0.5, 0.6) is 0 Å². The molecular formula is C23H22ClN5O. The monoisotopic (exact) mass is 419 g/mol. The summed E-state index contributed by atoms with van der Waals surface area (Å²) in [5, 5.41) is 7.75. The molecule has 152 valence electrons. The smallest absolute Gasteiger partial charge is 0.260 e. The van der Waals surface area contributed by atoms with Gasteiger partial charge in [0.1, 0.15) is 11.0 Å². The molecule has 1 saturated carbocycles. The van der Waals surface area contributed by atoms with Crippen LogP contribution in [0, 0.1) is 6.92 Å². The molecule has 0 atom stereocenters. The molecule has 0 radical (unpaired) electrons. The lowest BCUT2D eigenvalue weighted by molar-refractivity contribution is 0.102. The van der Waals surface area contributed by atoms with Crippen LogP contribution in [-0.4, -0.2) is 25.7 Å². The fourth-order valence-corrected chi connectivity index (χ4v) is 4.17. The van der Waals surface area contributed by atoms with Crippen molar-refractivity contribution in [2.24, 2.45) is 0 Å². The number of hydrogen-bond donors (Lipinski definition) is 2. The van der Waals surface area contributed by atoms with Gasteiger partial charge in [-0.3, -0.25) is 4.79 Å². The third kappa shape index (κ3) is 3.48. The van der Waals surface area contributed by atoms with E-state index in [2.05, 4.69) is 20.4 Å². The van der Waals surface area contributed by atoms with Crippen LogP contribution in [-0.2, 0) is 6.54 Å². The SMILES string of the molecule is Cc1nn(Cc2ccccc2)c(Cl)c1C(=O)Nc1ccc2nc(C3CCC3)[nH]c2c1. The maximum absolute atomic E-state index is 13.0. The van der Waals surface area contributed by atoms with E-state index in [1.807, 2.05) is 48.5 Å². The molecule has 0 bridgehead atoms. The Bertz CT molecular complexity index is 1220. The second-order valence-electron chi connectivity index (χ2n) is 7.83. The third-order valence-electron chi connectivity index (χ3n) is 5.72. The lowest BCUT2D eigenvalue weighted by Crippen LogP contribution is -2.13. The number of halogens is 1. The molecule has 4 aromatic rings. The van der Waals surface area contributed by atoms with Crippen LogP contribution in [0.4, 0.5) is 5.69 Å². The molecule has 7 heteroatoms. The summed E-state index contributed by atoms with van der Waals surface area (Å²) >= 11 is 6.52. The number of nitrogens with zero attached hydrogens (tertiary/aromatic N) is 3. The second kappa shape index (κ2) is 7.61. The van der Waals surface area contributed by atoms with Gasteiger partial charge in [-0.25, -0.2) is 9.67 Å². The van der Waals surface area contributed by atoms with E-state index in [0.717, 1.165) is 22.4 Å². The first-order chi connectivity index (χ1) is 14.6. The third-order valence-corrected chi connectivity index (χ3v) is 6.10. The molecule has 0 spiro atoms. The number of fused-ring (bicyclic) bond motifs is 1. The van der Waals surface area contributed by atoms with Gasteiger partial charge < -0.3 is 10.3 Å². The molecule has 1 amide bonds. The number of aromatic amines is 1. The van der Waals surface area contributed by atoms with Gasteiger partial charge >= 0.3 is 0 Å². The number of nitrogens with one attached hydrogen (secondary N) is 2. The summed E-state index contributed by atoms with van der Waals surface area (Å²) in [6.45, 7) is 2.31. The van der Waals surface area contributed by atoms with Crippen molar-refractivity contribution in [2.45, 2.75) is 38.6 Å². The van der Waals surface area contributed by atoms with E-state index in [4.69, 9.17) is 11.6 Å². The largest absolute Gasteiger partial charge is 0.342 e. The Morgan fingerprint density at radius 2 is 2.03 bits per heavy atom. The summed E-state index contributed by atoms with van der Waals surface area (Å²) in [5.41, 5.74) is 4.61. The van der Waals surface area contributed by atoms with Gasteiger partial charge in [0.2, 0.25) is 0 Å². The van der Waals surface area contributed by atoms with Crippen molar-refractivity contribution >= 4 is 34.2 Å². The topological polar surface area (TPSA) is 75.6 Å². The average molecular weight is 420 g/mol. The van der Waals surface area contributed by atoms with E-state index < -0.39 is 0 Å². The number of H-pyrrole nitrogens is 1. The molecule has 30 heavy (non-hydrogen) atoms. The van der Waals surface area contributed by atoms with E-state index in [1.165, 1.54) is 19.3 Å². The van der Waals surface area contributed by atoms with Crippen LogP contribution in [0.25, 0.3) is 11.0 Å². The Morgan fingerprint density at radius 3 is 2.77 bits per heavy atom. The van der Waals surface area contributed by atoms with Gasteiger partial charge in [0.25, 0.3) is 5.91 Å². The summed E-state index contributed by atoms with van der Waals surface area (Å²) in [6.07, 6.45) is 3.64. The maximum Gasteiger partial charge on any atom is 0.260 e. The molecule has 2 N–H and O–H groups in total. The zero-order chi connectivity index (χ0) is 20.7. The number of aromatic nitrogens is 4. The van der Waals surface area contributed by atoms with Crippen molar-refractivity contribution in [1.82, 2.24) is 19.7 Å². The molecule has 2 aromatic carbocycles. The number of carbonyl (C=O) groups is 1. The van der Waals surface area contributed by atoms with Crippen molar-refractivity contribution in [1.29, 1.82) is 0 Å². The normalized spacial score (nSPS) is 14.1. The summed E-state index contributed by atoms with van der Waals surface area (Å²) < 4.78 is 1.66. The van der Waals surface area contributed by atoms with Gasteiger partial charge in [-0.1, -0.05) is 48.4 Å². The molecule has 2 heterocycles. The van der Waals surface area contributed by atoms with Crippen LogP contribution >= 0.6 is 11.6 Å². The number of anilines is 1. The van der Waals surface area contributed by atoms with Gasteiger partial charge in [0.15, 0.2) is 0 Å². The molecule has 0 saturated heterocycles. The second-order valence-corrected chi connectivity index (χ2v) is 8.19. The standard InChI is InChI=1S/C23H22ClN5O/c1-14-20(21(24)29(28-14)13-15-6-3-2-4-7-15)23(30)25-17-10-11-18-19(12-17)27-22(26-18)16-8-5-9-16/h2-4,6-7,10-12,16H,5,8-9,13H2,1H3,(H,25,30)(H,26,27). The van der Waals surface area contributed by atoms with Crippen LogP contribution in [0.2, 0.25) is 5.15 Å². The van der Waals surface area contributed by atoms with Gasteiger partial charge in [-0.2, -0.15) is 5.10 Å².